The molecule has 2 aliphatic heterocycles. The van der Waals surface area contributed by atoms with E-state index in [0.717, 1.165) is 0 Å². The van der Waals surface area contributed by atoms with Crippen LogP contribution in [0.2, 0.25) is 0 Å². The van der Waals surface area contributed by atoms with Crippen molar-refractivity contribution in [1.29, 1.82) is 0 Å². The molecule has 0 saturated carbocycles. The number of carboxylic acids is 1. The molecule has 0 spiro atoms. The Morgan fingerprint density at radius 3 is 2.62 bits per heavy atom. The summed E-state index contributed by atoms with van der Waals surface area (Å²) in [5.74, 6) is -1.45. The lowest BCUT2D eigenvalue weighted by Crippen LogP contribution is -2.70. The zero-order chi connectivity index (χ0) is 17.8. The van der Waals surface area contributed by atoms with Gasteiger partial charge in [-0.15, -0.1) is 11.8 Å². The largest absolute Gasteiger partial charge is 0.477 e. The number of carbonyl (C=O) groups is 3. The number of β-lactam (4-membered cyclic amide) rings is 1. The second kappa shape index (κ2) is 5.92. The lowest BCUT2D eigenvalue weighted by molar-refractivity contribution is -0.148. The van der Waals surface area contributed by atoms with Crippen molar-refractivity contribution in [3.8, 4) is 0 Å². The number of rotatable bonds is 3. The summed E-state index contributed by atoms with van der Waals surface area (Å²) in [5.41, 5.74) is 1.66. The number of fused-ring (bicyclic) bond motifs is 1. The fraction of sp³-hybridized carbons (Fsp3) is 0.429. The molecular formula is C14H15BrN4O4S. The van der Waals surface area contributed by atoms with Crippen LogP contribution in [0.3, 0.4) is 0 Å². The fourth-order valence-electron chi connectivity index (χ4n) is 2.86. The van der Waals surface area contributed by atoms with Crippen molar-refractivity contribution < 1.29 is 19.5 Å². The summed E-state index contributed by atoms with van der Waals surface area (Å²) >= 11 is 4.76. The van der Waals surface area contributed by atoms with Crippen LogP contribution in [0, 0.1) is 6.92 Å². The van der Waals surface area contributed by atoms with Gasteiger partial charge in [0.05, 0.1) is 10.2 Å². The molecule has 2 aliphatic rings. The summed E-state index contributed by atoms with van der Waals surface area (Å²) in [5, 5.41) is 15.8. The topological polar surface area (TPSA) is 105 Å². The van der Waals surface area contributed by atoms with Crippen molar-refractivity contribution in [1.82, 2.24) is 20.0 Å². The molecule has 3 rings (SSSR count). The number of carbonyl (C=O) groups excluding carboxylic acids is 2. The summed E-state index contributed by atoms with van der Waals surface area (Å²) in [4.78, 5) is 37.5. The number of aliphatic carboxylic acids is 1. The van der Waals surface area contributed by atoms with Gasteiger partial charge < -0.3 is 10.4 Å². The van der Waals surface area contributed by atoms with E-state index in [2.05, 4.69) is 26.3 Å². The first-order valence-corrected chi connectivity index (χ1v) is 8.96. The number of aryl methyl sites for hydroxylation is 2. The fourth-order valence-corrected chi connectivity index (χ4v) is 4.67. The lowest BCUT2D eigenvalue weighted by Gasteiger charge is -2.49. The highest BCUT2D eigenvalue weighted by molar-refractivity contribution is 9.10. The maximum absolute atomic E-state index is 12.5. The number of thioether (sulfide) groups is 1. The van der Waals surface area contributed by atoms with Gasteiger partial charge in [0.2, 0.25) is 0 Å². The molecule has 128 valence electrons. The van der Waals surface area contributed by atoms with Crippen LogP contribution in [0.4, 0.5) is 0 Å². The summed E-state index contributed by atoms with van der Waals surface area (Å²) in [7, 11) is 1.64. The Hall–Kier alpha value is -1.81. The number of nitrogens with zero attached hydrogens (tertiary/aromatic N) is 3. The van der Waals surface area contributed by atoms with Crippen molar-refractivity contribution in [2.75, 3.05) is 5.75 Å². The van der Waals surface area contributed by atoms with E-state index >= 15 is 0 Å². The highest BCUT2D eigenvalue weighted by atomic mass is 79.9. The normalized spacial score (nSPS) is 23.0. The van der Waals surface area contributed by atoms with Crippen LogP contribution in [0.25, 0.3) is 0 Å². The number of hydrogen-bond acceptors (Lipinski definition) is 5. The number of aromatic nitrogens is 2. The van der Waals surface area contributed by atoms with Crippen LogP contribution in [0.15, 0.2) is 15.7 Å². The third-order valence-corrected chi connectivity index (χ3v) is 6.39. The molecule has 8 nitrogen and oxygen atoms in total. The smallest absolute Gasteiger partial charge is 0.352 e. The molecule has 1 fully saturated rings. The second-order valence-corrected chi connectivity index (χ2v) is 7.56. The van der Waals surface area contributed by atoms with Gasteiger partial charge in [0.1, 0.15) is 22.8 Å². The average molecular weight is 415 g/mol. The third-order valence-electron chi connectivity index (χ3n) is 4.01. The Balaban J connectivity index is 1.81. The molecule has 1 aromatic rings. The summed E-state index contributed by atoms with van der Waals surface area (Å²) < 4.78 is 2.01. The summed E-state index contributed by atoms with van der Waals surface area (Å²) in [6.07, 6.45) is 0. The molecule has 3 heterocycles. The minimum Gasteiger partial charge on any atom is -0.477 e. The molecule has 0 bridgehead atoms. The molecule has 0 unspecified atom stereocenters. The van der Waals surface area contributed by atoms with E-state index in [9.17, 15) is 19.5 Å². The first kappa shape index (κ1) is 17.0. The predicted molar refractivity (Wildman–Crippen MR) is 90.3 cm³/mol. The van der Waals surface area contributed by atoms with Crippen molar-refractivity contribution in [2.24, 2.45) is 7.05 Å². The SMILES string of the molecule is CC1=C(C(=O)O)N2C(=O)[C@H](NC(=O)c3c(Br)c(C)nn3C)[C@@H]2SC1. The van der Waals surface area contributed by atoms with E-state index in [1.165, 1.54) is 21.3 Å². The van der Waals surface area contributed by atoms with Gasteiger partial charge in [0, 0.05) is 12.8 Å². The Bertz CT molecular complexity index is 803. The van der Waals surface area contributed by atoms with Crippen LogP contribution < -0.4 is 5.32 Å². The minimum absolute atomic E-state index is 0.0202. The molecule has 0 radical (unpaired) electrons. The number of nitrogens with one attached hydrogen (secondary N) is 1. The number of carboxylic acid groups (broad SMARTS) is 1. The maximum atomic E-state index is 12.5. The molecule has 2 N–H and O–H groups in total. The summed E-state index contributed by atoms with van der Waals surface area (Å²) in [6, 6.07) is -0.743. The van der Waals surface area contributed by atoms with E-state index in [4.69, 9.17) is 0 Å². The predicted octanol–water partition coefficient (Wildman–Crippen LogP) is 0.863. The third kappa shape index (κ3) is 2.44. The van der Waals surface area contributed by atoms with Gasteiger partial charge >= 0.3 is 5.97 Å². The second-order valence-electron chi connectivity index (χ2n) is 5.67. The van der Waals surface area contributed by atoms with Crippen LogP contribution in [0.5, 0.6) is 0 Å². The van der Waals surface area contributed by atoms with Gasteiger partial charge in [-0.2, -0.15) is 5.10 Å². The van der Waals surface area contributed by atoms with Crippen LogP contribution >= 0.6 is 27.7 Å². The zero-order valence-electron chi connectivity index (χ0n) is 13.2. The molecule has 2 amide bonds. The van der Waals surface area contributed by atoms with Crippen LogP contribution in [-0.4, -0.2) is 54.7 Å². The Morgan fingerprint density at radius 1 is 1.42 bits per heavy atom. The molecule has 10 heteroatoms. The van der Waals surface area contributed by atoms with Gasteiger partial charge in [-0.05, 0) is 35.4 Å². The minimum atomic E-state index is -1.12. The molecule has 0 aliphatic carbocycles. The molecule has 24 heavy (non-hydrogen) atoms. The number of halogens is 1. The quantitative estimate of drug-likeness (QED) is 0.710. The van der Waals surface area contributed by atoms with E-state index in [1.807, 2.05) is 0 Å². The average Bonchev–Trinajstić information content (AvgIpc) is 2.76. The monoisotopic (exact) mass is 414 g/mol. The molecule has 2 atom stereocenters. The maximum Gasteiger partial charge on any atom is 0.352 e. The first-order valence-electron chi connectivity index (χ1n) is 7.11. The van der Waals surface area contributed by atoms with Crippen molar-refractivity contribution >= 4 is 45.5 Å². The zero-order valence-corrected chi connectivity index (χ0v) is 15.6. The highest BCUT2D eigenvalue weighted by Crippen LogP contribution is 2.40. The lowest BCUT2D eigenvalue weighted by atomic mass is 10.0. The highest BCUT2D eigenvalue weighted by Gasteiger charge is 2.53. The van der Waals surface area contributed by atoms with Crippen molar-refractivity contribution in [2.45, 2.75) is 25.3 Å². The number of hydrogen-bond donors (Lipinski definition) is 2. The Morgan fingerprint density at radius 2 is 2.08 bits per heavy atom. The van der Waals surface area contributed by atoms with Gasteiger partial charge in [-0.25, -0.2) is 4.79 Å². The molecule has 1 aromatic heterocycles. The van der Waals surface area contributed by atoms with Gasteiger partial charge in [-0.3, -0.25) is 19.2 Å². The van der Waals surface area contributed by atoms with E-state index in [-0.39, 0.29) is 5.70 Å². The standard InChI is InChI=1S/C14H15BrN4O4S/c1-5-4-24-13-8(12(21)19(13)9(5)14(22)23)16-11(20)10-7(15)6(2)17-18(10)3/h8,13H,4H2,1-3H3,(H,16,20)(H,22,23)/t8-,13-/m0/s1. The molecular weight excluding hydrogens is 400 g/mol. The molecule has 0 aromatic carbocycles. The van der Waals surface area contributed by atoms with E-state index in [0.29, 0.717) is 27.2 Å². The van der Waals surface area contributed by atoms with Gasteiger partial charge in [-0.1, -0.05) is 0 Å². The van der Waals surface area contributed by atoms with Gasteiger partial charge in [0.15, 0.2) is 0 Å². The Kier molecular flexibility index (Phi) is 4.20. The first-order chi connectivity index (χ1) is 11.2. The van der Waals surface area contributed by atoms with Crippen LogP contribution in [0.1, 0.15) is 23.1 Å². The van der Waals surface area contributed by atoms with Crippen LogP contribution in [-0.2, 0) is 16.6 Å². The van der Waals surface area contributed by atoms with Gasteiger partial charge in [0.25, 0.3) is 11.8 Å². The molecule has 1 saturated heterocycles. The van der Waals surface area contributed by atoms with Crippen molar-refractivity contribution in [3.63, 3.8) is 0 Å². The summed E-state index contributed by atoms with van der Waals surface area (Å²) in [6.45, 7) is 3.46. The van der Waals surface area contributed by atoms with E-state index in [1.54, 1.807) is 20.9 Å². The van der Waals surface area contributed by atoms with E-state index < -0.39 is 29.2 Å². The Labute approximate surface area is 150 Å². The number of amides is 2. The van der Waals surface area contributed by atoms with Crippen molar-refractivity contribution in [3.05, 3.63) is 27.1 Å².